The van der Waals surface area contributed by atoms with Crippen molar-refractivity contribution in [2.45, 2.75) is 37.9 Å². The van der Waals surface area contributed by atoms with Crippen LogP contribution in [-0.4, -0.2) is 64.6 Å². The molecule has 0 spiro atoms. The van der Waals surface area contributed by atoms with Crippen molar-refractivity contribution in [1.29, 1.82) is 0 Å². The topological polar surface area (TPSA) is 137 Å². The molecule has 176 valence electrons. The molecule has 0 radical (unpaired) electrons. The van der Waals surface area contributed by atoms with E-state index in [1.165, 1.54) is 6.21 Å². The van der Waals surface area contributed by atoms with Crippen LogP contribution in [0.2, 0.25) is 0 Å². The summed E-state index contributed by atoms with van der Waals surface area (Å²) in [5.41, 5.74) is 2.26. The number of aliphatic hydroxyl groups is 1. The first kappa shape index (κ1) is 22.6. The number of hydrazone groups is 1. The van der Waals surface area contributed by atoms with Gasteiger partial charge in [0.25, 0.3) is 0 Å². The zero-order valence-corrected chi connectivity index (χ0v) is 19.3. The van der Waals surface area contributed by atoms with Crippen molar-refractivity contribution in [3.63, 3.8) is 0 Å². The second kappa shape index (κ2) is 8.86. The van der Waals surface area contributed by atoms with E-state index in [0.29, 0.717) is 38.3 Å². The summed E-state index contributed by atoms with van der Waals surface area (Å²) in [7, 11) is -5.15. The molecule has 1 fully saturated rings. The predicted octanol–water partition coefficient (Wildman–Crippen LogP) is 1.35. The third kappa shape index (κ3) is 4.56. The summed E-state index contributed by atoms with van der Waals surface area (Å²) in [5, 5.41) is 28.1. The fourth-order valence-corrected chi connectivity index (χ4v) is 4.91. The van der Waals surface area contributed by atoms with Crippen LogP contribution in [0.3, 0.4) is 0 Å². The highest BCUT2D eigenvalue weighted by molar-refractivity contribution is 7.89. The maximum atomic E-state index is 11.9. The molecule has 2 heterocycles. The van der Waals surface area contributed by atoms with Crippen LogP contribution < -0.4 is 15.5 Å². The number of nitrogens with zero attached hydrogens (tertiary/aromatic N) is 4. The number of para-hydroxylation sites is 1. The number of hydrogen-bond donors (Lipinski definition) is 3. The average Bonchev–Trinajstić information content (AvgIpc) is 2.81. The van der Waals surface area contributed by atoms with Crippen LogP contribution in [0, 0.1) is 0 Å². The van der Waals surface area contributed by atoms with E-state index in [4.69, 9.17) is 4.74 Å². The lowest BCUT2D eigenvalue weighted by Crippen LogP contribution is -2.51. The van der Waals surface area contributed by atoms with Crippen molar-refractivity contribution >= 4 is 51.3 Å². The van der Waals surface area contributed by atoms with Gasteiger partial charge in [-0.3, -0.25) is 0 Å². The van der Waals surface area contributed by atoms with E-state index in [1.54, 1.807) is 24.4 Å². The van der Waals surface area contributed by atoms with Crippen molar-refractivity contribution in [2.75, 3.05) is 11.6 Å². The largest absolute Gasteiger partial charge is 0.488 e. The zero-order valence-electron chi connectivity index (χ0n) is 18.5. The van der Waals surface area contributed by atoms with Crippen molar-refractivity contribution in [3.8, 4) is 5.75 Å². The molecule has 1 aliphatic carbocycles. The van der Waals surface area contributed by atoms with E-state index < -0.39 is 17.1 Å². The van der Waals surface area contributed by atoms with Crippen LogP contribution in [0.15, 0.2) is 47.7 Å². The van der Waals surface area contributed by atoms with E-state index >= 15 is 0 Å². The number of hydrogen-bond acceptors (Lipinski definition) is 9. The first-order valence-corrected chi connectivity index (χ1v) is 12.9. The number of nitrogens with one attached hydrogen (secondary N) is 1. The van der Waals surface area contributed by atoms with Crippen LogP contribution in [0.1, 0.15) is 31.2 Å². The number of ether oxygens (including phenoxy) is 1. The van der Waals surface area contributed by atoms with Gasteiger partial charge in [-0.2, -0.15) is 5.10 Å². The Balaban J connectivity index is 1.41. The van der Waals surface area contributed by atoms with E-state index in [9.17, 15) is 18.5 Å². The summed E-state index contributed by atoms with van der Waals surface area (Å²) in [4.78, 5) is 9.02. The fourth-order valence-electron chi connectivity index (χ4n) is 4.22. The summed E-state index contributed by atoms with van der Waals surface area (Å²) < 4.78 is 30.7. The first-order chi connectivity index (χ1) is 16.3. The minimum Gasteiger partial charge on any atom is -0.488 e. The zero-order chi connectivity index (χ0) is 23.9. The Kier molecular flexibility index (Phi) is 5.88. The number of benzene rings is 2. The summed E-state index contributed by atoms with van der Waals surface area (Å²) >= 11 is 0. The fraction of sp³-hybridized carbons (Fsp3) is 0.318. The second-order valence-corrected chi connectivity index (χ2v) is 10.4. The average molecular weight is 481 g/mol. The van der Waals surface area contributed by atoms with Crippen molar-refractivity contribution in [2.24, 2.45) is 5.10 Å². The molecule has 3 N–H and O–H groups in total. The Morgan fingerprint density at radius 1 is 1.18 bits per heavy atom. The highest BCUT2D eigenvalue weighted by Gasteiger charge is 2.35. The molecule has 0 bridgehead atoms. The molecule has 0 saturated heterocycles. The van der Waals surface area contributed by atoms with Gasteiger partial charge in [0, 0.05) is 17.3 Å². The van der Waals surface area contributed by atoms with Crippen LogP contribution >= 0.6 is 0 Å². The molecule has 1 saturated carbocycles. The molecule has 2 aliphatic rings. The van der Waals surface area contributed by atoms with Gasteiger partial charge in [0.05, 0.1) is 24.7 Å². The number of aliphatic hydroxyl groups excluding tert-OH is 1. The van der Waals surface area contributed by atoms with E-state index in [0.717, 1.165) is 37.3 Å². The van der Waals surface area contributed by atoms with Crippen LogP contribution in [0.4, 0.5) is 11.6 Å². The third-order valence-electron chi connectivity index (χ3n) is 5.99. The molecule has 3 aromatic rings. The molecule has 34 heavy (non-hydrogen) atoms. The minimum atomic E-state index is -3.72. The smallest absolute Gasteiger partial charge is 0.484 e. The van der Waals surface area contributed by atoms with Crippen LogP contribution in [0.5, 0.6) is 5.75 Å². The molecule has 5 rings (SSSR count). The molecule has 1 aliphatic heterocycles. The number of sulfonamides is 1. The summed E-state index contributed by atoms with van der Waals surface area (Å²) in [6.45, 7) is 0. The normalized spacial score (nSPS) is 20.3. The minimum absolute atomic E-state index is 0.0296. The molecule has 1 aromatic heterocycles. The first-order valence-electron chi connectivity index (χ1n) is 11.0. The lowest BCUT2D eigenvalue weighted by Gasteiger charge is -2.26. The maximum Gasteiger partial charge on any atom is 0.484 e. The van der Waals surface area contributed by atoms with Crippen molar-refractivity contribution < 1.29 is 23.3 Å². The molecule has 10 nitrogen and oxygen atoms in total. The van der Waals surface area contributed by atoms with E-state index in [1.807, 2.05) is 18.2 Å². The predicted molar refractivity (Wildman–Crippen MR) is 130 cm³/mol. The molecule has 0 amide bonds. The standard InChI is InChI=1S/C22H24BN5O5S/c1-34(31,32)28-23(30)19-11-16(6-5-14(19)13-25-28)26-22-24-12-15-3-2-4-20(21(15)27-22)33-18-9-7-17(29)8-10-18/h2-6,11-13,17-18,29-30H,7-10H2,1H3,(H,24,26,27)/t17-,18+. The van der Waals surface area contributed by atoms with E-state index in [-0.39, 0.29) is 12.2 Å². The Morgan fingerprint density at radius 2 is 1.97 bits per heavy atom. The Hall–Kier alpha value is -3.22. The molecular weight excluding hydrogens is 457 g/mol. The SMILES string of the molecule is CS(=O)(=O)N1N=Cc2ccc(Nc3ncc4cccc(O[C@H]5CC[C@@H](O)CC5)c4n3)cc2B1O. The van der Waals surface area contributed by atoms with Gasteiger partial charge in [-0.05, 0) is 54.9 Å². The summed E-state index contributed by atoms with van der Waals surface area (Å²) in [5.74, 6) is 0.992. The highest BCUT2D eigenvalue weighted by atomic mass is 32.2. The van der Waals surface area contributed by atoms with Gasteiger partial charge in [0.1, 0.15) is 11.3 Å². The van der Waals surface area contributed by atoms with Gasteiger partial charge in [-0.15, -0.1) is 0 Å². The number of rotatable bonds is 5. The number of anilines is 2. The lowest BCUT2D eigenvalue weighted by atomic mass is 9.71. The van der Waals surface area contributed by atoms with Crippen LogP contribution in [0.25, 0.3) is 10.9 Å². The quantitative estimate of drug-likeness (QED) is 0.465. The maximum absolute atomic E-state index is 11.9. The lowest BCUT2D eigenvalue weighted by molar-refractivity contribution is 0.0672. The number of aromatic nitrogens is 2. The molecule has 12 heteroatoms. The summed E-state index contributed by atoms with van der Waals surface area (Å²) in [6, 6.07) is 10.8. The molecule has 2 aromatic carbocycles. The van der Waals surface area contributed by atoms with Gasteiger partial charge >= 0.3 is 7.05 Å². The molecular formula is C22H24BN5O5S. The van der Waals surface area contributed by atoms with E-state index in [2.05, 4.69) is 20.4 Å². The monoisotopic (exact) mass is 481 g/mol. The summed E-state index contributed by atoms with van der Waals surface area (Å²) in [6.07, 6.45) is 6.89. The Morgan fingerprint density at radius 3 is 2.74 bits per heavy atom. The Labute approximate surface area is 197 Å². The molecule has 0 unspecified atom stereocenters. The van der Waals surface area contributed by atoms with Gasteiger partial charge < -0.3 is 20.2 Å². The Bertz CT molecular complexity index is 1360. The van der Waals surface area contributed by atoms with Crippen molar-refractivity contribution in [1.82, 2.24) is 14.3 Å². The van der Waals surface area contributed by atoms with Gasteiger partial charge in [-0.1, -0.05) is 18.2 Å². The van der Waals surface area contributed by atoms with Gasteiger partial charge in [-0.25, -0.2) is 22.7 Å². The van der Waals surface area contributed by atoms with Gasteiger partial charge in [0.2, 0.25) is 16.0 Å². The van der Waals surface area contributed by atoms with Crippen LogP contribution in [-0.2, 0) is 10.0 Å². The third-order valence-corrected chi connectivity index (χ3v) is 6.97. The number of fused-ring (bicyclic) bond motifs is 2. The van der Waals surface area contributed by atoms with Gasteiger partial charge in [0.15, 0.2) is 0 Å². The second-order valence-electron chi connectivity index (χ2n) is 8.56. The highest BCUT2D eigenvalue weighted by Crippen LogP contribution is 2.29. The van der Waals surface area contributed by atoms with Crippen molar-refractivity contribution in [3.05, 3.63) is 48.2 Å². The molecule has 0 atom stereocenters.